The molecule has 21 heavy (non-hydrogen) atoms. The van der Waals surface area contributed by atoms with Crippen LogP contribution in [0.3, 0.4) is 0 Å². The van der Waals surface area contributed by atoms with Crippen LogP contribution in [0.5, 0.6) is 5.75 Å². The minimum absolute atomic E-state index is 0.0678. The maximum atomic E-state index is 9.83. The minimum Gasteiger partial charge on any atom is -0.497 e. The largest absolute Gasteiger partial charge is 0.497 e. The van der Waals surface area contributed by atoms with Crippen LogP contribution in [-0.4, -0.2) is 69.3 Å². The van der Waals surface area contributed by atoms with Crippen molar-refractivity contribution in [2.45, 2.75) is 43.2 Å². The molecule has 1 aliphatic carbocycles. The van der Waals surface area contributed by atoms with Crippen molar-refractivity contribution in [3.8, 4) is 5.75 Å². The van der Waals surface area contributed by atoms with Gasteiger partial charge in [-0.3, -0.25) is 0 Å². The van der Waals surface area contributed by atoms with Crippen molar-refractivity contribution in [3.05, 3.63) is 29.8 Å². The highest BCUT2D eigenvalue weighted by Gasteiger charge is 2.48. The Hall–Kier alpha value is -1.22. The van der Waals surface area contributed by atoms with Gasteiger partial charge in [-0.1, -0.05) is 12.1 Å². The lowest BCUT2D eigenvalue weighted by molar-refractivity contribution is -0.237. The molecule has 0 aromatic heterocycles. The number of methoxy groups -OCH3 is 1. The van der Waals surface area contributed by atoms with Gasteiger partial charge in [0.25, 0.3) is 0 Å². The van der Waals surface area contributed by atoms with Gasteiger partial charge in [-0.2, -0.15) is 0 Å². The zero-order valence-corrected chi connectivity index (χ0v) is 11.5. The summed E-state index contributed by atoms with van der Waals surface area (Å²) >= 11 is 0. The molecule has 2 unspecified atom stereocenters. The van der Waals surface area contributed by atoms with Crippen LogP contribution in [0.15, 0.2) is 24.3 Å². The fourth-order valence-corrected chi connectivity index (χ4v) is 2.31. The van der Waals surface area contributed by atoms with Crippen LogP contribution in [0.2, 0.25) is 0 Å². The molecule has 0 amide bonds. The van der Waals surface area contributed by atoms with Crippen molar-refractivity contribution in [2.24, 2.45) is 0 Å². The summed E-state index contributed by atoms with van der Waals surface area (Å²) in [5, 5.41) is 48.3. The topological polar surface area (TPSA) is 120 Å². The van der Waals surface area contributed by atoms with Gasteiger partial charge >= 0.3 is 0 Å². The number of aliphatic hydroxyl groups is 5. The Morgan fingerprint density at radius 1 is 0.810 bits per heavy atom. The van der Waals surface area contributed by atoms with E-state index in [4.69, 9.17) is 9.47 Å². The van der Waals surface area contributed by atoms with Crippen molar-refractivity contribution in [1.29, 1.82) is 0 Å². The molecule has 0 radical (unpaired) electrons. The van der Waals surface area contributed by atoms with Gasteiger partial charge in [0, 0.05) is 0 Å². The average Bonchev–Trinajstić information content (AvgIpc) is 2.51. The molecule has 7 heteroatoms. The Bertz CT molecular complexity index is 433. The summed E-state index contributed by atoms with van der Waals surface area (Å²) in [5.74, 6) is 0.686. The highest BCUT2D eigenvalue weighted by molar-refractivity contribution is 5.26. The van der Waals surface area contributed by atoms with Crippen molar-refractivity contribution >= 4 is 0 Å². The Labute approximate surface area is 122 Å². The minimum atomic E-state index is -1.61. The van der Waals surface area contributed by atoms with E-state index < -0.39 is 36.6 Å². The maximum Gasteiger partial charge on any atom is 0.118 e. The van der Waals surface area contributed by atoms with Crippen LogP contribution in [0.4, 0.5) is 0 Å². The molecule has 2 rings (SSSR count). The number of ether oxygens (including phenoxy) is 2. The standard InChI is InChI=1S/C14H20O7/c1-20-8-4-2-7(3-5-8)6-21-14-12(18)10(16)9(15)11(17)13(14)19/h2-5,9-19H,6H2,1H3/t9?,10-,11+,12-,13-,14?/m1/s1. The molecule has 1 saturated carbocycles. The van der Waals surface area contributed by atoms with Crippen LogP contribution in [0.25, 0.3) is 0 Å². The second kappa shape index (κ2) is 6.69. The zero-order valence-electron chi connectivity index (χ0n) is 11.5. The van der Waals surface area contributed by atoms with Crippen molar-refractivity contribution in [2.75, 3.05) is 7.11 Å². The van der Waals surface area contributed by atoms with Crippen LogP contribution < -0.4 is 4.74 Å². The quantitative estimate of drug-likeness (QED) is 0.454. The molecule has 118 valence electrons. The molecule has 0 spiro atoms. The lowest BCUT2D eigenvalue weighted by Crippen LogP contribution is -2.64. The van der Waals surface area contributed by atoms with Gasteiger partial charge < -0.3 is 35.0 Å². The molecule has 7 nitrogen and oxygen atoms in total. The molecule has 0 saturated heterocycles. The summed E-state index contributed by atoms with van der Waals surface area (Å²) in [7, 11) is 1.55. The molecule has 1 aromatic rings. The van der Waals surface area contributed by atoms with Gasteiger partial charge in [0.2, 0.25) is 0 Å². The molecule has 0 aliphatic heterocycles. The lowest BCUT2D eigenvalue weighted by Gasteiger charge is -2.41. The van der Waals surface area contributed by atoms with Gasteiger partial charge in [0.05, 0.1) is 13.7 Å². The van der Waals surface area contributed by atoms with Crippen LogP contribution in [0.1, 0.15) is 5.56 Å². The lowest BCUT2D eigenvalue weighted by atomic mass is 9.85. The van der Waals surface area contributed by atoms with Crippen molar-refractivity contribution in [3.63, 3.8) is 0 Å². The normalized spacial score (nSPS) is 36.5. The summed E-state index contributed by atoms with van der Waals surface area (Å²) < 4.78 is 10.4. The van der Waals surface area contributed by atoms with E-state index in [1.54, 1.807) is 31.4 Å². The summed E-state index contributed by atoms with van der Waals surface area (Å²) in [6, 6.07) is 6.98. The number of hydrogen-bond acceptors (Lipinski definition) is 7. The molecule has 0 heterocycles. The monoisotopic (exact) mass is 300 g/mol. The summed E-state index contributed by atoms with van der Waals surface area (Å²) in [5.41, 5.74) is 0.769. The Morgan fingerprint density at radius 3 is 1.76 bits per heavy atom. The third-order valence-corrected chi connectivity index (χ3v) is 3.67. The number of benzene rings is 1. The second-order valence-corrected chi connectivity index (χ2v) is 5.08. The van der Waals surface area contributed by atoms with E-state index in [2.05, 4.69) is 0 Å². The average molecular weight is 300 g/mol. The fourth-order valence-electron chi connectivity index (χ4n) is 2.31. The van der Waals surface area contributed by atoms with E-state index >= 15 is 0 Å². The van der Waals surface area contributed by atoms with Crippen LogP contribution in [0, 0.1) is 0 Å². The third kappa shape index (κ3) is 3.34. The third-order valence-electron chi connectivity index (χ3n) is 3.67. The highest BCUT2D eigenvalue weighted by Crippen LogP contribution is 2.25. The first-order valence-electron chi connectivity index (χ1n) is 6.60. The molecular weight excluding hydrogens is 280 g/mol. The van der Waals surface area contributed by atoms with E-state index in [1.807, 2.05) is 0 Å². The van der Waals surface area contributed by atoms with Gasteiger partial charge in [-0.15, -0.1) is 0 Å². The second-order valence-electron chi connectivity index (χ2n) is 5.08. The summed E-state index contributed by atoms with van der Waals surface area (Å²) in [4.78, 5) is 0. The molecule has 6 atom stereocenters. The molecule has 1 fully saturated rings. The predicted octanol–water partition coefficient (Wildman–Crippen LogP) is -1.60. The van der Waals surface area contributed by atoms with E-state index in [0.717, 1.165) is 5.56 Å². The molecule has 0 bridgehead atoms. The number of aliphatic hydroxyl groups excluding tert-OH is 5. The number of hydrogen-bond donors (Lipinski definition) is 5. The van der Waals surface area contributed by atoms with Gasteiger partial charge in [0.1, 0.15) is 42.4 Å². The van der Waals surface area contributed by atoms with Crippen molar-refractivity contribution < 1.29 is 35.0 Å². The predicted molar refractivity (Wildman–Crippen MR) is 71.6 cm³/mol. The first-order valence-corrected chi connectivity index (χ1v) is 6.60. The maximum absolute atomic E-state index is 9.83. The summed E-state index contributed by atoms with van der Waals surface area (Å²) in [6.07, 6.45) is -8.95. The highest BCUT2D eigenvalue weighted by atomic mass is 16.5. The molecule has 1 aromatic carbocycles. The summed E-state index contributed by atoms with van der Waals surface area (Å²) in [6.45, 7) is 0.0678. The first-order chi connectivity index (χ1) is 9.95. The fraction of sp³-hybridized carbons (Fsp3) is 0.571. The van der Waals surface area contributed by atoms with E-state index in [0.29, 0.717) is 5.75 Å². The first kappa shape index (κ1) is 16.2. The van der Waals surface area contributed by atoms with Gasteiger partial charge in [-0.25, -0.2) is 0 Å². The van der Waals surface area contributed by atoms with E-state index in [9.17, 15) is 25.5 Å². The zero-order chi connectivity index (χ0) is 15.6. The molecule has 5 N–H and O–H groups in total. The molecule has 1 aliphatic rings. The van der Waals surface area contributed by atoms with E-state index in [1.165, 1.54) is 0 Å². The Balaban J connectivity index is 2.00. The van der Waals surface area contributed by atoms with Crippen molar-refractivity contribution in [1.82, 2.24) is 0 Å². The van der Waals surface area contributed by atoms with E-state index in [-0.39, 0.29) is 6.61 Å². The number of rotatable bonds is 4. The van der Waals surface area contributed by atoms with Gasteiger partial charge in [-0.05, 0) is 17.7 Å². The van der Waals surface area contributed by atoms with Gasteiger partial charge in [0.15, 0.2) is 0 Å². The Morgan fingerprint density at radius 2 is 1.29 bits per heavy atom. The SMILES string of the molecule is COc1ccc(COC2[C@H](O)[C@H](O)C(O)[C@H](O)[C@H]2O)cc1. The Kier molecular flexibility index (Phi) is 5.15. The van der Waals surface area contributed by atoms with Crippen LogP contribution >= 0.6 is 0 Å². The van der Waals surface area contributed by atoms with Crippen LogP contribution in [-0.2, 0) is 11.3 Å². The smallest absolute Gasteiger partial charge is 0.118 e. The molecular formula is C14H20O7.